The van der Waals surface area contributed by atoms with E-state index < -0.39 is 17.9 Å². The summed E-state index contributed by atoms with van der Waals surface area (Å²) in [4.78, 5) is 4.48. The molecule has 0 spiro atoms. The van der Waals surface area contributed by atoms with Gasteiger partial charge < -0.3 is 4.57 Å². The van der Waals surface area contributed by atoms with Gasteiger partial charge in [-0.25, -0.2) is 4.98 Å². The molecule has 0 N–H and O–H groups in total. The molecule has 0 aliphatic carbocycles. The quantitative estimate of drug-likeness (QED) is 0.470. The van der Waals surface area contributed by atoms with E-state index in [4.69, 9.17) is 0 Å². The minimum atomic E-state index is -3.02. The van der Waals surface area contributed by atoms with E-state index in [0.717, 1.165) is 20.8 Å². The van der Waals surface area contributed by atoms with Gasteiger partial charge in [-0.3, -0.25) is 4.21 Å². The van der Waals surface area contributed by atoms with Crippen molar-refractivity contribution in [3.63, 3.8) is 0 Å². The minimum Gasteiger partial charge on any atom is -0.313 e. The van der Waals surface area contributed by atoms with Crippen LogP contribution in [0.4, 0.5) is 0 Å². The molecule has 3 nitrogen and oxygen atoms in total. The first-order valence-corrected chi connectivity index (χ1v) is 12.1. The van der Waals surface area contributed by atoms with Gasteiger partial charge in [0.05, 0.1) is 26.5 Å². The van der Waals surface area contributed by atoms with Crippen LogP contribution in [0.2, 0.25) is 0 Å². The van der Waals surface area contributed by atoms with Gasteiger partial charge >= 0.3 is 0 Å². The number of thiazole rings is 1. The molecule has 0 saturated heterocycles. The molecule has 4 aromatic rings. The van der Waals surface area contributed by atoms with Crippen LogP contribution in [0.25, 0.3) is 10.2 Å². The zero-order valence-electron chi connectivity index (χ0n) is 13.8. The molecule has 4 rings (SSSR count). The van der Waals surface area contributed by atoms with Gasteiger partial charge in [-0.15, -0.1) is 11.3 Å². The van der Waals surface area contributed by atoms with Crippen molar-refractivity contribution in [2.75, 3.05) is 5.49 Å². The van der Waals surface area contributed by atoms with Crippen LogP contribution in [0.15, 0.2) is 89.3 Å². The second-order valence-corrected chi connectivity index (χ2v) is 11.7. The first kappa shape index (κ1) is 17.3. The summed E-state index contributed by atoms with van der Waals surface area (Å²) >= 11 is 1.40. The van der Waals surface area contributed by atoms with E-state index in [1.165, 1.54) is 11.3 Å². The Morgan fingerprint density at radius 3 is 1.92 bits per heavy atom. The number of rotatable bonds is 5. The van der Waals surface area contributed by atoms with E-state index >= 15 is 0 Å². The van der Waals surface area contributed by atoms with Crippen molar-refractivity contribution in [1.82, 2.24) is 4.98 Å². The second-order valence-electron chi connectivity index (χ2n) is 5.83. The highest BCUT2D eigenvalue weighted by Gasteiger charge is 2.31. The number of benzene rings is 3. The summed E-state index contributed by atoms with van der Waals surface area (Å²) in [6.45, 7) is 0. The van der Waals surface area contributed by atoms with Crippen LogP contribution in [0.3, 0.4) is 0 Å². The summed E-state index contributed by atoms with van der Waals surface area (Å²) in [6.07, 6.45) is 0. The fourth-order valence-corrected chi connectivity index (χ4v) is 9.38. The number of fused-ring (bicyclic) bond motifs is 1. The second kappa shape index (κ2) is 7.28. The number of nitrogens with zero attached hydrogens (tertiary/aromatic N) is 1. The topological polar surface area (TPSA) is 47.0 Å². The van der Waals surface area contributed by atoms with Crippen LogP contribution in [-0.2, 0) is 15.4 Å². The highest BCUT2D eigenvalue weighted by molar-refractivity contribution is 7.99. The molecule has 1 atom stereocenters. The van der Waals surface area contributed by atoms with Crippen molar-refractivity contribution >= 4 is 50.1 Å². The van der Waals surface area contributed by atoms with Crippen molar-refractivity contribution in [2.45, 2.75) is 4.34 Å². The summed E-state index contributed by atoms with van der Waals surface area (Å²) in [5, 5.41) is 1.45. The molecule has 0 fully saturated rings. The third kappa shape index (κ3) is 3.30. The molecule has 0 saturated carbocycles. The van der Waals surface area contributed by atoms with Crippen LogP contribution < -0.4 is 10.6 Å². The summed E-state index contributed by atoms with van der Waals surface area (Å²) in [5.41, 5.74) is 0.885. The van der Waals surface area contributed by atoms with Gasteiger partial charge in [-0.05, 0) is 12.1 Å². The van der Waals surface area contributed by atoms with Gasteiger partial charge in [0.25, 0.3) is 0 Å². The van der Waals surface area contributed by atoms with Crippen molar-refractivity contribution in [2.24, 2.45) is 0 Å². The molecule has 1 heterocycles. The average Bonchev–Trinajstić information content (AvgIpc) is 3.14. The number of hydrogen-bond acceptors (Lipinski definition) is 4. The number of aromatic nitrogens is 1. The summed E-state index contributed by atoms with van der Waals surface area (Å²) in [7, 11) is -4.46. The first-order valence-electron chi connectivity index (χ1n) is 8.11. The summed E-state index contributed by atoms with van der Waals surface area (Å²) in [5.74, 6) is 0. The van der Waals surface area contributed by atoms with E-state index in [0.29, 0.717) is 4.34 Å². The Morgan fingerprint density at radius 2 is 1.35 bits per heavy atom. The molecule has 0 radical (unpaired) electrons. The normalized spacial score (nSPS) is 12.9. The van der Waals surface area contributed by atoms with Crippen molar-refractivity contribution < 1.29 is 8.77 Å². The lowest BCUT2D eigenvalue weighted by Crippen LogP contribution is -2.20. The van der Waals surface area contributed by atoms with E-state index in [2.05, 4.69) is 4.98 Å². The van der Waals surface area contributed by atoms with Crippen LogP contribution in [0.5, 0.6) is 0 Å². The minimum absolute atomic E-state index is 0.0564. The van der Waals surface area contributed by atoms with E-state index in [9.17, 15) is 8.77 Å². The van der Waals surface area contributed by atoms with Gasteiger partial charge in [0.1, 0.15) is 0 Å². The Balaban J connectivity index is 1.75. The standard InChI is InChI=1S/C20H16NO2PS2/c22-24(16-9-3-1-4-10-16,17-11-5-2-6-12-17)15-26(23)20-21-18-13-7-8-14-19(18)25-20/h1-14H,15H2/t26-/m1/s1. The van der Waals surface area contributed by atoms with Gasteiger partial charge in [-0.1, -0.05) is 72.8 Å². The number of hydrogen-bond donors (Lipinski definition) is 0. The van der Waals surface area contributed by atoms with Gasteiger partial charge in [-0.2, -0.15) is 0 Å². The molecule has 0 bridgehead atoms. The predicted molar refractivity (Wildman–Crippen MR) is 111 cm³/mol. The lowest BCUT2D eigenvalue weighted by molar-refractivity contribution is 0.589. The van der Waals surface area contributed by atoms with Crippen molar-refractivity contribution in [3.05, 3.63) is 84.9 Å². The Morgan fingerprint density at radius 1 is 0.808 bits per heavy atom. The lowest BCUT2D eigenvalue weighted by Gasteiger charge is -2.18. The Kier molecular flexibility index (Phi) is 4.86. The molecular formula is C20H16NO2PS2. The Hall–Kier alpha value is -2.07. The predicted octanol–water partition coefficient (Wildman–Crippen LogP) is 4.38. The molecule has 6 heteroatoms. The molecule has 0 unspecified atom stereocenters. The molecule has 0 aliphatic heterocycles. The van der Waals surface area contributed by atoms with Gasteiger partial charge in [0, 0.05) is 10.6 Å². The largest absolute Gasteiger partial charge is 0.313 e. The fourth-order valence-electron chi connectivity index (χ4n) is 2.80. The van der Waals surface area contributed by atoms with E-state index in [1.807, 2.05) is 84.9 Å². The van der Waals surface area contributed by atoms with E-state index in [-0.39, 0.29) is 5.49 Å². The zero-order valence-corrected chi connectivity index (χ0v) is 16.3. The molecule has 26 heavy (non-hydrogen) atoms. The highest BCUT2D eigenvalue weighted by atomic mass is 32.2. The van der Waals surface area contributed by atoms with Gasteiger partial charge in [0.15, 0.2) is 11.5 Å². The third-order valence-electron chi connectivity index (χ3n) is 4.11. The van der Waals surface area contributed by atoms with E-state index in [1.54, 1.807) is 0 Å². The van der Waals surface area contributed by atoms with Crippen LogP contribution in [0.1, 0.15) is 0 Å². The smallest absolute Gasteiger partial charge is 0.182 e. The Bertz CT molecular complexity index is 1030. The Labute approximate surface area is 158 Å². The maximum Gasteiger partial charge on any atom is 0.182 e. The molecule has 130 valence electrons. The maximum atomic E-state index is 14.0. The summed E-state index contributed by atoms with van der Waals surface area (Å²) in [6, 6.07) is 26.4. The molecule has 0 aliphatic rings. The first-order chi connectivity index (χ1) is 12.7. The molecule has 3 aromatic carbocycles. The lowest BCUT2D eigenvalue weighted by atomic mass is 10.3. The van der Waals surface area contributed by atoms with Crippen LogP contribution in [-0.4, -0.2) is 14.7 Å². The molecule has 1 aromatic heterocycles. The van der Waals surface area contributed by atoms with Gasteiger partial charge in [0.2, 0.25) is 0 Å². The van der Waals surface area contributed by atoms with Crippen molar-refractivity contribution in [3.8, 4) is 0 Å². The average molecular weight is 397 g/mol. The van der Waals surface area contributed by atoms with Crippen LogP contribution in [0, 0.1) is 0 Å². The number of para-hydroxylation sites is 1. The maximum absolute atomic E-state index is 14.0. The fraction of sp³-hybridized carbons (Fsp3) is 0.0500. The SMILES string of the molecule is O=[S@](CP(=O)(c1ccccc1)c1ccccc1)c1nc2ccccc2s1. The zero-order chi connectivity index (χ0) is 18.0. The third-order valence-corrected chi connectivity index (χ3v) is 10.9. The molecular weight excluding hydrogens is 381 g/mol. The van der Waals surface area contributed by atoms with Crippen molar-refractivity contribution in [1.29, 1.82) is 0 Å². The monoisotopic (exact) mass is 397 g/mol. The highest BCUT2D eigenvalue weighted by Crippen LogP contribution is 2.45. The molecule has 0 amide bonds. The van der Waals surface area contributed by atoms with Crippen LogP contribution >= 0.6 is 18.5 Å². The summed E-state index contributed by atoms with van der Waals surface area (Å²) < 4.78 is 28.6.